The molecule has 1 aromatic carbocycles. The summed E-state index contributed by atoms with van der Waals surface area (Å²) in [5.74, 6) is -1.42. The van der Waals surface area contributed by atoms with Crippen LogP contribution in [0, 0.1) is 17.1 Å². The Morgan fingerprint density at radius 3 is 2.48 bits per heavy atom. The summed E-state index contributed by atoms with van der Waals surface area (Å²) >= 11 is 0. The third-order valence-corrected chi connectivity index (χ3v) is 3.93. The standard InChI is InChI=1S/C17H19FN2O3/c18-14-6-4-13(5-7-14)10-16(22)23-11-15(21)20-17(12-19)8-2-1-3-9-17/h4-7H,1-3,8-11H2,(H,20,21). The molecule has 122 valence electrons. The van der Waals surface area contributed by atoms with Crippen molar-refractivity contribution in [1.82, 2.24) is 5.32 Å². The summed E-state index contributed by atoms with van der Waals surface area (Å²) in [5.41, 5.74) is -0.226. The van der Waals surface area contributed by atoms with E-state index in [-0.39, 0.29) is 12.2 Å². The molecule has 1 aliphatic carbocycles. The number of ether oxygens (including phenoxy) is 1. The van der Waals surface area contributed by atoms with Crippen LogP contribution in [0.3, 0.4) is 0 Å². The maximum atomic E-state index is 12.8. The van der Waals surface area contributed by atoms with Crippen LogP contribution in [-0.2, 0) is 20.7 Å². The molecule has 1 aliphatic rings. The van der Waals surface area contributed by atoms with Crippen LogP contribution >= 0.6 is 0 Å². The number of nitrogens with one attached hydrogen (secondary N) is 1. The van der Waals surface area contributed by atoms with Gasteiger partial charge < -0.3 is 10.1 Å². The zero-order valence-corrected chi connectivity index (χ0v) is 12.8. The SMILES string of the molecule is N#CC1(NC(=O)COC(=O)Cc2ccc(F)cc2)CCCCC1. The van der Waals surface area contributed by atoms with Gasteiger partial charge in [0.05, 0.1) is 12.5 Å². The molecular formula is C17H19FN2O3. The lowest BCUT2D eigenvalue weighted by Crippen LogP contribution is -2.50. The molecule has 1 aromatic rings. The van der Waals surface area contributed by atoms with Gasteiger partial charge in [0.1, 0.15) is 11.4 Å². The van der Waals surface area contributed by atoms with Crippen molar-refractivity contribution in [2.24, 2.45) is 0 Å². The second kappa shape index (κ2) is 7.73. The summed E-state index contributed by atoms with van der Waals surface area (Å²) in [6, 6.07) is 7.67. The van der Waals surface area contributed by atoms with Gasteiger partial charge >= 0.3 is 5.97 Å². The fraction of sp³-hybridized carbons (Fsp3) is 0.471. The molecule has 6 heteroatoms. The van der Waals surface area contributed by atoms with Gasteiger partial charge in [-0.1, -0.05) is 31.4 Å². The molecule has 0 aromatic heterocycles. The van der Waals surface area contributed by atoms with Crippen LogP contribution < -0.4 is 5.32 Å². The van der Waals surface area contributed by atoms with Crippen LogP contribution in [-0.4, -0.2) is 24.0 Å². The normalized spacial score (nSPS) is 16.2. The third-order valence-electron chi connectivity index (χ3n) is 3.93. The predicted octanol–water partition coefficient (Wildman–Crippen LogP) is 2.25. The highest BCUT2D eigenvalue weighted by Gasteiger charge is 2.33. The van der Waals surface area contributed by atoms with E-state index in [0.29, 0.717) is 18.4 Å². The Labute approximate surface area is 134 Å². The Morgan fingerprint density at radius 2 is 1.87 bits per heavy atom. The van der Waals surface area contributed by atoms with Crippen molar-refractivity contribution in [1.29, 1.82) is 5.26 Å². The van der Waals surface area contributed by atoms with Gasteiger partial charge in [-0.2, -0.15) is 5.26 Å². The summed E-state index contributed by atoms with van der Waals surface area (Å²) < 4.78 is 17.7. The lowest BCUT2D eigenvalue weighted by atomic mass is 9.83. The molecule has 0 atom stereocenters. The van der Waals surface area contributed by atoms with Gasteiger partial charge in [-0.3, -0.25) is 9.59 Å². The van der Waals surface area contributed by atoms with Crippen molar-refractivity contribution < 1.29 is 18.7 Å². The Kier molecular flexibility index (Phi) is 5.69. The van der Waals surface area contributed by atoms with Crippen LogP contribution in [0.4, 0.5) is 4.39 Å². The molecule has 0 heterocycles. The van der Waals surface area contributed by atoms with E-state index in [9.17, 15) is 19.2 Å². The molecule has 0 saturated heterocycles. The quantitative estimate of drug-likeness (QED) is 0.845. The van der Waals surface area contributed by atoms with E-state index in [2.05, 4.69) is 11.4 Å². The van der Waals surface area contributed by atoms with Gasteiger partial charge in [0, 0.05) is 0 Å². The average Bonchev–Trinajstić information content (AvgIpc) is 2.56. The molecule has 0 spiro atoms. The molecule has 0 radical (unpaired) electrons. The molecular weight excluding hydrogens is 299 g/mol. The van der Waals surface area contributed by atoms with Crippen LogP contribution in [0.25, 0.3) is 0 Å². The number of hydrogen-bond acceptors (Lipinski definition) is 4. The molecule has 0 bridgehead atoms. The minimum atomic E-state index is -0.835. The summed E-state index contributed by atoms with van der Waals surface area (Å²) in [6.45, 7) is -0.413. The number of nitrogens with zero attached hydrogens (tertiary/aromatic N) is 1. The number of carbonyl (C=O) groups excluding carboxylic acids is 2. The maximum Gasteiger partial charge on any atom is 0.310 e. The van der Waals surface area contributed by atoms with Gasteiger partial charge in [0.25, 0.3) is 5.91 Å². The first-order valence-corrected chi connectivity index (χ1v) is 7.65. The smallest absolute Gasteiger partial charge is 0.310 e. The topological polar surface area (TPSA) is 79.2 Å². The minimum Gasteiger partial charge on any atom is -0.455 e. The van der Waals surface area contributed by atoms with Crippen molar-refractivity contribution >= 4 is 11.9 Å². The highest BCUT2D eigenvalue weighted by atomic mass is 19.1. The minimum absolute atomic E-state index is 0.0308. The molecule has 1 saturated carbocycles. The predicted molar refractivity (Wildman–Crippen MR) is 80.6 cm³/mol. The molecule has 5 nitrogen and oxygen atoms in total. The summed E-state index contributed by atoms with van der Waals surface area (Å²) in [7, 11) is 0. The first kappa shape index (κ1) is 16.9. The van der Waals surface area contributed by atoms with E-state index in [1.807, 2.05) is 0 Å². The largest absolute Gasteiger partial charge is 0.455 e. The Morgan fingerprint density at radius 1 is 1.22 bits per heavy atom. The van der Waals surface area contributed by atoms with Crippen LogP contribution in [0.15, 0.2) is 24.3 Å². The monoisotopic (exact) mass is 318 g/mol. The van der Waals surface area contributed by atoms with Crippen molar-refractivity contribution in [3.63, 3.8) is 0 Å². The van der Waals surface area contributed by atoms with E-state index < -0.39 is 24.0 Å². The van der Waals surface area contributed by atoms with E-state index in [1.165, 1.54) is 24.3 Å². The van der Waals surface area contributed by atoms with Gasteiger partial charge in [-0.15, -0.1) is 0 Å². The number of benzene rings is 1. The van der Waals surface area contributed by atoms with Gasteiger partial charge in [-0.25, -0.2) is 4.39 Å². The molecule has 23 heavy (non-hydrogen) atoms. The number of amides is 1. The first-order valence-electron chi connectivity index (χ1n) is 7.65. The summed E-state index contributed by atoms with van der Waals surface area (Å²) in [4.78, 5) is 23.6. The van der Waals surface area contributed by atoms with E-state index in [0.717, 1.165) is 19.3 Å². The molecule has 0 aliphatic heterocycles. The maximum absolute atomic E-state index is 12.8. The highest BCUT2D eigenvalue weighted by molar-refractivity contribution is 5.82. The Hall–Kier alpha value is -2.42. The first-order chi connectivity index (χ1) is 11.0. The third kappa shape index (κ3) is 5.06. The van der Waals surface area contributed by atoms with Gasteiger partial charge in [-0.05, 0) is 30.5 Å². The lowest BCUT2D eigenvalue weighted by Gasteiger charge is -2.31. The summed E-state index contributed by atoms with van der Waals surface area (Å²) in [5, 5.41) is 12.0. The van der Waals surface area contributed by atoms with Crippen LogP contribution in [0.5, 0.6) is 0 Å². The zero-order valence-electron chi connectivity index (χ0n) is 12.8. The molecule has 1 amide bonds. The molecule has 2 rings (SSSR count). The number of nitriles is 1. The number of carbonyl (C=O) groups is 2. The van der Waals surface area contributed by atoms with Crippen molar-refractivity contribution in [3.05, 3.63) is 35.6 Å². The van der Waals surface area contributed by atoms with E-state index in [4.69, 9.17) is 4.74 Å². The second-order valence-electron chi connectivity index (χ2n) is 5.77. The molecule has 1 N–H and O–H groups in total. The Balaban J connectivity index is 1.78. The average molecular weight is 318 g/mol. The fourth-order valence-corrected chi connectivity index (χ4v) is 2.69. The number of rotatable bonds is 5. The number of hydrogen-bond donors (Lipinski definition) is 1. The number of esters is 1. The van der Waals surface area contributed by atoms with Crippen molar-refractivity contribution in [2.45, 2.75) is 44.1 Å². The Bertz CT molecular complexity index is 601. The zero-order chi connectivity index (χ0) is 16.7. The number of halogens is 1. The van der Waals surface area contributed by atoms with Crippen LogP contribution in [0.2, 0.25) is 0 Å². The molecule has 0 unspecified atom stereocenters. The van der Waals surface area contributed by atoms with Crippen molar-refractivity contribution in [3.8, 4) is 6.07 Å². The summed E-state index contributed by atoms with van der Waals surface area (Å²) in [6.07, 6.45) is 4.08. The van der Waals surface area contributed by atoms with E-state index >= 15 is 0 Å². The fourth-order valence-electron chi connectivity index (χ4n) is 2.69. The highest BCUT2D eigenvalue weighted by Crippen LogP contribution is 2.27. The van der Waals surface area contributed by atoms with Crippen molar-refractivity contribution in [2.75, 3.05) is 6.61 Å². The van der Waals surface area contributed by atoms with Crippen LogP contribution in [0.1, 0.15) is 37.7 Å². The van der Waals surface area contributed by atoms with Gasteiger partial charge in [0.15, 0.2) is 6.61 Å². The second-order valence-corrected chi connectivity index (χ2v) is 5.77. The lowest BCUT2D eigenvalue weighted by molar-refractivity contribution is -0.148. The molecule has 1 fully saturated rings. The van der Waals surface area contributed by atoms with E-state index in [1.54, 1.807) is 0 Å². The van der Waals surface area contributed by atoms with Gasteiger partial charge in [0.2, 0.25) is 0 Å².